The van der Waals surface area contributed by atoms with Gasteiger partial charge in [0.15, 0.2) is 0 Å². The fraction of sp³-hybridized carbons (Fsp3) is 0.733. The first-order chi connectivity index (χ1) is 9.52. The second kappa shape index (κ2) is 8.14. The van der Waals surface area contributed by atoms with Gasteiger partial charge in [0.1, 0.15) is 0 Å². The minimum atomic E-state index is -0.517. The summed E-state index contributed by atoms with van der Waals surface area (Å²) in [6.07, 6.45) is 3.36. The second-order valence-corrected chi connectivity index (χ2v) is 6.76. The molecular weight excluding hydrogens is 272 g/mol. The zero-order chi connectivity index (χ0) is 16.7. The normalized spacial score (nSPS) is 13.4. The van der Waals surface area contributed by atoms with Gasteiger partial charge in [-0.15, -0.1) is 6.58 Å². The van der Waals surface area contributed by atoms with E-state index < -0.39 is 11.2 Å². The fourth-order valence-corrected chi connectivity index (χ4v) is 1.61. The summed E-state index contributed by atoms with van der Waals surface area (Å²) in [6, 6.07) is -0.369. The van der Waals surface area contributed by atoms with Crippen LogP contribution in [0.15, 0.2) is 12.7 Å². The summed E-state index contributed by atoms with van der Waals surface area (Å²) in [6.45, 7) is 14.9. The van der Waals surface area contributed by atoms with Crippen LogP contribution < -0.4 is 0 Å². The van der Waals surface area contributed by atoms with Crippen LogP contribution in [0, 0.1) is 0 Å². The zero-order valence-electron chi connectivity index (χ0n) is 14.0. The maximum atomic E-state index is 11.3. The highest BCUT2D eigenvalue weighted by Crippen LogP contribution is 2.16. The van der Waals surface area contributed by atoms with Gasteiger partial charge in [-0.05, 0) is 48.0 Å². The number of carbonyl (C=O) groups excluding carboxylic acids is 2. The molecule has 1 unspecified atom stereocenters. The van der Waals surface area contributed by atoms with Gasteiger partial charge in [0, 0.05) is 0 Å². The van der Waals surface area contributed by atoms with Gasteiger partial charge in [-0.1, -0.05) is 6.08 Å². The number of amides is 2. The van der Waals surface area contributed by atoms with Gasteiger partial charge in [-0.25, -0.2) is 10.1 Å². The third-order valence-electron chi connectivity index (χ3n) is 2.18. The first kappa shape index (κ1) is 19.6. The molecule has 0 aliphatic carbocycles. The molecule has 6 nitrogen and oxygen atoms in total. The Kier molecular flexibility index (Phi) is 7.60. The summed E-state index contributed by atoms with van der Waals surface area (Å²) in [7, 11) is 0. The standard InChI is InChI=1S/C15H28N2O4/c1-8-9-13(17(12-19)21-15(5,6)7)10-16(11-18)20-14(2,3)4/h8,11-13H,1,9-10H2,2-7H3. The van der Waals surface area contributed by atoms with Gasteiger partial charge in [-0.2, -0.15) is 0 Å². The second-order valence-electron chi connectivity index (χ2n) is 6.76. The predicted molar refractivity (Wildman–Crippen MR) is 81.0 cm³/mol. The van der Waals surface area contributed by atoms with Crippen molar-refractivity contribution in [1.82, 2.24) is 10.1 Å². The molecule has 0 aliphatic heterocycles. The number of hydrogen-bond acceptors (Lipinski definition) is 4. The molecule has 0 N–H and O–H groups in total. The van der Waals surface area contributed by atoms with Crippen molar-refractivity contribution in [3.05, 3.63) is 12.7 Å². The van der Waals surface area contributed by atoms with E-state index >= 15 is 0 Å². The predicted octanol–water partition coefficient (Wildman–Crippen LogP) is 2.31. The molecule has 0 aliphatic rings. The van der Waals surface area contributed by atoms with E-state index in [2.05, 4.69) is 6.58 Å². The molecule has 122 valence electrons. The maximum absolute atomic E-state index is 11.3. The Labute approximate surface area is 127 Å². The Hall–Kier alpha value is -1.40. The van der Waals surface area contributed by atoms with Crippen molar-refractivity contribution >= 4 is 12.8 Å². The number of hydrogen-bond donors (Lipinski definition) is 0. The van der Waals surface area contributed by atoms with Crippen LogP contribution in [-0.4, -0.2) is 46.7 Å². The number of nitrogens with zero attached hydrogens (tertiary/aromatic N) is 2. The summed E-state index contributed by atoms with van der Waals surface area (Å²) >= 11 is 0. The van der Waals surface area contributed by atoms with Crippen molar-refractivity contribution in [2.24, 2.45) is 0 Å². The van der Waals surface area contributed by atoms with Crippen molar-refractivity contribution in [3.8, 4) is 0 Å². The lowest BCUT2D eigenvalue weighted by molar-refractivity contribution is -0.255. The van der Waals surface area contributed by atoms with Crippen molar-refractivity contribution in [3.63, 3.8) is 0 Å². The Bertz CT molecular complexity index is 345. The lowest BCUT2D eigenvalue weighted by Gasteiger charge is -2.35. The van der Waals surface area contributed by atoms with Crippen molar-refractivity contribution in [2.75, 3.05) is 6.54 Å². The molecule has 0 aromatic heterocycles. The number of carbonyl (C=O) groups is 2. The zero-order valence-corrected chi connectivity index (χ0v) is 14.0. The summed E-state index contributed by atoms with van der Waals surface area (Å²) < 4.78 is 0. The fourth-order valence-electron chi connectivity index (χ4n) is 1.61. The molecule has 1 atom stereocenters. The smallest absolute Gasteiger partial charge is 0.233 e. The number of rotatable bonds is 9. The van der Waals surface area contributed by atoms with Crippen molar-refractivity contribution in [2.45, 2.75) is 65.2 Å². The van der Waals surface area contributed by atoms with E-state index in [1.165, 1.54) is 10.1 Å². The molecule has 0 fully saturated rings. The lowest BCUT2D eigenvalue weighted by atomic mass is 10.2. The van der Waals surface area contributed by atoms with Crippen molar-refractivity contribution < 1.29 is 19.3 Å². The van der Waals surface area contributed by atoms with E-state index in [0.717, 1.165) is 0 Å². The summed E-state index contributed by atoms with van der Waals surface area (Å²) in [4.78, 5) is 33.5. The van der Waals surface area contributed by atoms with Gasteiger partial charge >= 0.3 is 0 Å². The molecule has 0 spiro atoms. The van der Waals surface area contributed by atoms with Gasteiger partial charge in [0.05, 0.1) is 23.8 Å². The van der Waals surface area contributed by atoms with Crippen LogP contribution in [0.25, 0.3) is 0 Å². The molecule has 21 heavy (non-hydrogen) atoms. The highest BCUT2D eigenvalue weighted by atomic mass is 16.7. The van der Waals surface area contributed by atoms with E-state index in [0.29, 0.717) is 19.2 Å². The van der Waals surface area contributed by atoms with Crippen molar-refractivity contribution in [1.29, 1.82) is 0 Å². The highest BCUT2D eigenvalue weighted by Gasteiger charge is 2.26. The first-order valence-corrected chi connectivity index (χ1v) is 6.97. The summed E-state index contributed by atoms with van der Waals surface area (Å²) in [5, 5.41) is 2.39. The van der Waals surface area contributed by atoms with Crippen LogP contribution in [0.5, 0.6) is 0 Å². The van der Waals surface area contributed by atoms with E-state index in [1.54, 1.807) is 6.08 Å². The summed E-state index contributed by atoms with van der Waals surface area (Å²) in [5.41, 5.74) is -1.02. The molecule has 0 aromatic rings. The topological polar surface area (TPSA) is 59.1 Å². The molecule has 0 saturated carbocycles. The Morgan fingerprint density at radius 2 is 1.52 bits per heavy atom. The van der Waals surface area contributed by atoms with Gasteiger partial charge in [0.2, 0.25) is 12.8 Å². The third-order valence-corrected chi connectivity index (χ3v) is 2.18. The molecule has 6 heteroatoms. The third kappa shape index (κ3) is 9.20. The van der Waals surface area contributed by atoms with Crippen LogP contribution in [-0.2, 0) is 19.3 Å². The summed E-state index contributed by atoms with van der Waals surface area (Å²) in [5.74, 6) is 0. The van der Waals surface area contributed by atoms with E-state index in [1.807, 2.05) is 41.5 Å². The Balaban J connectivity index is 4.96. The monoisotopic (exact) mass is 300 g/mol. The minimum absolute atomic E-state index is 0.196. The molecule has 0 radical (unpaired) electrons. The van der Waals surface area contributed by atoms with Crippen LogP contribution in [0.2, 0.25) is 0 Å². The van der Waals surface area contributed by atoms with E-state index in [9.17, 15) is 9.59 Å². The molecule has 2 amide bonds. The first-order valence-electron chi connectivity index (χ1n) is 6.97. The molecule has 0 rings (SSSR count). The van der Waals surface area contributed by atoms with E-state index in [4.69, 9.17) is 9.68 Å². The molecular formula is C15H28N2O4. The highest BCUT2D eigenvalue weighted by molar-refractivity contribution is 5.47. The lowest BCUT2D eigenvalue weighted by Crippen LogP contribution is -2.47. The quantitative estimate of drug-likeness (QED) is 0.372. The molecule has 0 bridgehead atoms. The molecule has 0 saturated heterocycles. The Morgan fingerprint density at radius 1 is 1.00 bits per heavy atom. The van der Waals surface area contributed by atoms with Gasteiger partial charge in [0.25, 0.3) is 0 Å². The molecule has 0 heterocycles. The average Bonchev–Trinajstić information content (AvgIpc) is 2.31. The largest absolute Gasteiger partial charge is 0.276 e. The van der Waals surface area contributed by atoms with Crippen LogP contribution >= 0.6 is 0 Å². The van der Waals surface area contributed by atoms with Gasteiger partial charge in [-0.3, -0.25) is 19.3 Å². The van der Waals surface area contributed by atoms with E-state index in [-0.39, 0.29) is 12.6 Å². The SMILES string of the molecule is C=CCC(CN(C=O)OC(C)(C)C)N(C=O)OC(C)(C)C. The maximum Gasteiger partial charge on any atom is 0.233 e. The molecule has 0 aromatic carbocycles. The van der Waals surface area contributed by atoms with Crippen LogP contribution in [0.4, 0.5) is 0 Å². The average molecular weight is 300 g/mol. The van der Waals surface area contributed by atoms with Gasteiger partial charge < -0.3 is 0 Å². The van der Waals surface area contributed by atoms with Crippen LogP contribution in [0.3, 0.4) is 0 Å². The minimum Gasteiger partial charge on any atom is -0.276 e. The number of hydroxylamine groups is 4. The Morgan fingerprint density at radius 3 is 1.86 bits per heavy atom. The van der Waals surface area contributed by atoms with Crippen LogP contribution in [0.1, 0.15) is 48.0 Å².